The van der Waals surface area contributed by atoms with Crippen LogP contribution in [0, 0.1) is 0 Å². The van der Waals surface area contributed by atoms with Crippen LogP contribution in [0.1, 0.15) is 0 Å². The van der Waals surface area contributed by atoms with Crippen LogP contribution in [0.2, 0.25) is 0 Å². The molecule has 0 radical (unpaired) electrons. The zero-order valence-corrected chi connectivity index (χ0v) is 13.2. The summed E-state index contributed by atoms with van der Waals surface area (Å²) in [5, 5.41) is 12.9. The highest BCUT2D eigenvalue weighted by Crippen LogP contribution is 2.27. The Morgan fingerprint density at radius 3 is 2.77 bits per heavy atom. The number of likely N-dealkylation sites (N-methyl/N-ethyl adjacent to an activating group) is 1. The zero-order chi connectivity index (χ0) is 15.4. The van der Waals surface area contributed by atoms with E-state index in [-0.39, 0.29) is 5.91 Å². The van der Waals surface area contributed by atoms with Crippen molar-refractivity contribution in [3.8, 4) is 10.7 Å². The van der Waals surface area contributed by atoms with Crippen LogP contribution >= 0.6 is 11.3 Å². The summed E-state index contributed by atoms with van der Waals surface area (Å²) < 4.78 is 0. The molecule has 1 aliphatic heterocycles. The predicted molar refractivity (Wildman–Crippen MR) is 85.9 cm³/mol. The number of carbonyl (C=O) groups excluding carboxylic acids is 1. The fourth-order valence-electron chi connectivity index (χ4n) is 2.32. The van der Waals surface area contributed by atoms with Crippen molar-refractivity contribution in [1.82, 2.24) is 25.4 Å². The monoisotopic (exact) mass is 318 g/mol. The molecule has 0 aliphatic carbocycles. The molecule has 0 unspecified atom stereocenters. The minimum atomic E-state index is 0.0572. The lowest BCUT2D eigenvalue weighted by Crippen LogP contribution is -2.49. The van der Waals surface area contributed by atoms with Gasteiger partial charge in [0, 0.05) is 39.4 Å². The molecule has 0 spiro atoms. The fourth-order valence-corrected chi connectivity index (χ4v) is 3.19. The maximum atomic E-state index is 11.4. The molecule has 1 aliphatic rings. The predicted octanol–water partition coefficient (Wildman–Crippen LogP) is 0.468. The van der Waals surface area contributed by atoms with E-state index in [2.05, 4.69) is 30.3 Å². The Bertz CT molecular complexity index is 623. The summed E-state index contributed by atoms with van der Waals surface area (Å²) in [6.07, 6.45) is 1.76. The summed E-state index contributed by atoms with van der Waals surface area (Å²) >= 11 is 1.56. The molecule has 0 aromatic carbocycles. The second kappa shape index (κ2) is 6.80. The third kappa shape index (κ3) is 3.40. The molecule has 7 nitrogen and oxygen atoms in total. The Morgan fingerprint density at radius 1 is 1.27 bits per heavy atom. The summed E-state index contributed by atoms with van der Waals surface area (Å²) in [4.78, 5) is 20.1. The largest absolute Gasteiger partial charge is 0.358 e. The number of nitrogens with one attached hydrogen (secondary N) is 1. The Balaban J connectivity index is 1.60. The molecule has 2 aromatic heterocycles. The van der Waals surface area contributed by atoms with Gasteiger partial charge in [0.1, 0.15) is 5.69 Å². The number of rotatable bonds is 4. The van der Waals surface area contributed by atoms with Crippen LogP contribution in [-0.4, -0.2) is 65.8 Å². The summed E-state index contributed by atoms with van der Waals surface area (Å²) in [5.41, 5.74) is 0.851. The normalized spacial score (nSPS) is 15.8. The van der Waals surface area contributed by atoms with Crippen LogP contribution in [0.5, 0.6) is 0 Å². The van der Waals surface area contributed by atoms with E-state index in [1.54, 1.807) is 24.6 Å². The number of pyridine rings is 1. The standard InChI is InChI=1S/C14H18N6OS/c1-15-12(21)10-19-6-8-20(9-7-19)14-18-17-13(22-14)11-4-2-3-5-16-11/h2-5H,6-10H2,1H3,(H,15,21). The van der Waals surface area contributed by atoms with Gasteiger partial charge in [0.05, 0.1) is 6.54 Å². The van der Waals surface area contributed by atoms with E-state index in [9.17, 15) is 4.79 Å². The third-order valence-electron chi connectivity index (χ3n) is 3.59. The van der Waals surface area contributed by atoms with Crippen molar-refractivity contribution in [3.05, 3.63) is 24.4 Å². The van der Waals surface area contributed by atoms with Crippen LogP contribution < -0.4 is 10.2 Å². The van der Waals surface area contributed by atoms with Gasteiger partial charge in [-0.05, 0) is 12.1 Å². The molecule has 1 saturated heterocycles. The van der Waals surface area contributed by atoms with Crippen LogP contribution in [0.4, 0.5) is 5.13 Å². The summed E-state index contributed by atoms with van der Waals surface area (Å²) in [5.74, 6) is 0.0572. The third-order valence-corrected chi connectivity index (χ3v) is 4.59. The molecule has 3 heterocycles. The van der Waals surface area contributed by atoms with E-state index < -0.39 is 0 Å². The Hall–Kier alpha value is -2.06. The Morgan fingerprint density at radius 2 is 2.09 bits per heavy atom. The lowest BCUT2D eigenvalue weighted by molar-refractivity contribution is -0.121. The van der Waals surface area contributed by atoms with Crippen molar-refractivity contribution in [2.24, 2.45) is 0 Å². The first-order valence-corrected chi connectivity index (χ1v) is 8.00. The lowest BCUT2D eigenvalue weighted by atomic mass is 10.3. The van der Waals surface area contributed by atoms with Gasteiger partial charge >= 0.3 is 0 Å². The second-order valence-corrected chi connectivity index (χ2v) is 6.00. The van der Waals surface area contributed by atoms with Crippen LogP contribution in [-0.2, 0) is 4.79 Å². The second-order valence-electron chi connectivity index (χ2n) is 5.04. The maximum Gasteiger partial charge on any atom is 0.233 e. The van der Waals surface area contributed by atoms with Crippen molar-refractivity contribution in [1.29, 1.82) is 0 Å². The number of nitrogens with zero attached hydrogens (tertiary/aromatic N) is 5. The number of hydrogen-bond acceptors (Lipinski definition) is 7. The lowest BCUT2D eigenvalue weighted by Gasteiger charge is -2.33. The van der Waals surface area contributed by atoms with Gasteiger partial charge in [-0.3, -0.25) is 14.7 Å². The van der Waals surface area contributed by atoms with E-state index in [0.29, 0.717) is 6.54 Å². The molecule has 0 atom stereocenters. The molecule has 0 saturated carbocycles. The molecule has 1 fully saturated rings. The van der Waals surface area contributed by atoms with Crippen LogP contribution in [0.3, 0.4) is 0 Å². The van der Waals surface area contributed by atoms with Crippen LogP contribution in [0.15, 0.2) is 24.4 Å². The average Bonchev–Trinajstić information content (AvgIpc) is 3.06. The Kier molecular flexibility index (Phi) is 4.59. The number of piperazine rings is 1. The summed E-state index contributed by atoms with van der Waals surface area (Å²) in [7, 11) is 1.67. The van der Waals surface area contributed by atoms with E-state index >= 15 is 0 Å². The van der Waals surface area contributed by atoms with Gasteiger partial charge in [0.25, 0.3) is 0 Å². The van der Waals surface area contributed by atoms with E-state index in [4.69, 9.17) is 0 Å². The molecule has 1 N–H and O–H groups in total. The summed E-state index contributed by atoms with van der Waals surface area (Å²) in [6.45, 7) is 3.87. The molecular formula is C14H18N6OS. The smallest absolute Gasteiger partial charge is 0.233 e. The van der Waals surface area contributed by atoms with Gasteiger partial charge in [-0.2, -0.15) is 0 Å². The Labute approximate surface area is 133 Å². The molecule has 8 heteroatoms. The fraction of sp³-hybridized carbons (Fsp3) is 0.429. The van der Waals surface area contributed by atoms with Crippen molar-refractivity contribution in [3.63, 3.8) is 0 Å². The SMILES string of the molecule is CNC(=O)CN1CCN(c2nnc(-c3ccccn3)s2)CC1. The van der Waals surface area contributed by atoms with Gasteiger partial charge in [-0.1, -0.05) is 17.4 Å². The van der Waals surface area contributed by atoms with Gasteiger partial charge in [0.15, 0.2) is 5.01 Å². The van der Waals surface area contributed by atoms with Crippen molar-refractivity contribution >= 4 is 22.4 Å². The van der Waals surface area contributed by atoms with Gasteiger partial charge in [-0.25, -0.2) is 0 Å². The first-order chi connectivity index (χ1) is 10.8. The number of amides is 1. The molecule has 2 aromatic rings. The van der Waals surface area contributed by atoms with Crippen LogP contribution in [0.25, 0.3) is 10.7 Å². The first-order valence-electron chi connectivity index (χ1n) is 7.19. The van der Waals surface area contributed by atoms with Gasteiger partial charge < -0.3 is 10.2 Å². The maximum absolute atomic E-state index is 11.4. The first kappa shape index (κ1) is 14.9. The average molecular weight is 318 g/mol. The molecule has 3 rings (SSSR count). The van der Waals surface area contributed by atoms with Crippen molar-refractivity contribution in [2.75, 3.05) is 44.7 Å². The summed E-state index contributed by atoms with van der Waals surface area (Å²) in [6, 6.07) is 5.77. The number of hydrogen-bond donors (Lipinski definition) is 1. The molecule has 22 heavy (non-hydrogen) atoms. The van der Waals surface area contributed by atoms with Crippen molar-refractivity contribution in [2.45, 2.75) is 0 Å². The molecular weight excluding hydrogens is 300 g/mol. The number of carbonyl (C=O) groups is 1. The van der Waals surface area contributed by atoms with E-state index in [1.807, 2.05) is 18.2 Å². The number of anilines is 1. The zero-order valence-electron chi connectivity index (χ0n) is 12.4. The van der Waals surface area contributed by atoms with Crippen molar-refractivity contribution < 1.29 is 4.79 Å². The van der Waals surface area contributed by atoms with E-state index in [1.165, 1.54) is 0 Å². The molecule has 0 bridgehead atoms. The minimum absolute atomic E-state index is 0.0572. The molecule has 1 amide bonds. The van der Waals surface area contributed by atoms with Gasteiger partial charge in [-0.15, -0.1) is 10.2 Å². The van der Waals surface area contributed by atoms with E-state index in [0.717, 1.165) is 42.0 Å². The molecule has 116 valence electrons. The highest BCUT2D eigenvalue weighted by Gasteiger charge is 2.21. The van der Waals surface area contributed by atoms with Gasteiger partial charge in [0.2, 0.25) is 11.0 Å². The minimum Gasteiger partial charge on any atom is -0.358 e. The topological polar surface area (TPSA) is 74.2 Å². The number of aromatic nitrogens is 3. The highest BCUT2D eigenvalue weighted by molar-refractivity contribution is 7.18. The quantitative estimate of drug-likeness (QED) is 0.883. The highest BCUT2D eigenvalue weighted by atomic mass is 32.1.